The van der Waals surface area contributed by atoms with Gasteiger partial charge in [0, 0.05) is 0 Å². The fraction of sp³-hybridized carbons (Fsp3) is 0. The highest BCUT2D eigenvalue weighted by molar-refractivity contribution is 7.85. The molecule has 110 valence electrons. The third-order valence-electron chi connectivity index (χ3n) is 1.70. The summed E-state index contributed by atoms with van der Waals surface area (Å²) in [6.45, 7) is 0. The summed E-state index contributed by atoms with van der Waals surface area (Å²) in [5.41, 5.74) is -1.07. The monoisotopic (exact) mass is 354 g/mol. The zero-order valence-electron chi connectivity index (χ0n) is 8.84. The number of halogens is 3. The second-order valence-electron chi connectivity index (χ2n) is 2.83. The van der Waals surface area contributed by atoms with Gasteiger partial charge < -0.3 is 10.2 Å². The van der Waals surface area contributed by atoms with Crippen molar-refractivity contribution in [1.82, 2.24) is 0 Å². The molecule has 0 saturated heterocycles. The molecule has 3 N–H and O–H groups in total. The topological polar surface area (TPSA) is 129 Å². The molecule has 0 heterocycles. The first-order chi connectivity index (χ1) is 7.21. The highest BCUT2D eigenvalue weighted by atomic mass is 35.5. The van der Waals surface area contributed by atoms with Crippen molar-refractivity contribution in [1.29, 1.82) is 0 Å². The smallest absolute Gasteiger partial charge is 0.335 e. The minimum absolute atomic E-state index is 0. The van der Waals surface area contributed by atoms with Crippen LogP contribution < -0.4 is 0 Å². The summed E-state index contributed by atoms with van der Waals surface area (Å²) < 4.78 is 30.2. The van der Waals surface area contributed by atoms with Gasteiger partial charge >= 0.3 is 11.9 Å². The zero-order valence-corrected chi connectivity index (χ0v) is 12.1. The van der Waals surface area contributed by atoms with Crippen molar-refractivity contribution in [2.45, 2.75) is 4.90 Å². The Labute approximate surface area is 126 Å². The van der Waals surface area contributed by atoms with E-state index >= 15 is 0 Å². The SMILES string of the molecule is Cl.Cl.Cl.O=C(O)c1cc(C(=O)O)cc(S(=O)(=O)O)c1. The van der Waals surface area contributed by atoms with Crippen LogP contribution >= 0.6 is 37.2 Å². The number of hydrogen-bond donors (Lipinski definition) is 3. The summed E-state index contributed by atoms with van der Waals surface area (Å²) in [4.78, 5) is 20.4. The molecule has 0 aliphatic carbocycles. The van der Waals surface area contributed by atoms with Crippen LogP contribution in [0.15, 0.2) is 23.1 Å². The van der Waals surface area contributed by atoms with Gasteiger partial charge in [-0.2, -0.15) is 8.42 Å². The number of rotatable bonds is 3. The lowest BCUT2D eigenvalue weighted by Crippen LogP contribution is -2.07. The number of carboxylic acids is 2. The number of carboxylic acid groups (broad SMARTS) is 2. The predicted octanol–water partition coefficient (Wildman–Crippen LogP) is 1.60. The van der Waals surface area contributed by atoms with Gasteiger partial charge in [-0.25, -0.2) is 9.59 Å². The van der Waals surface area contributed by atoms with Crippen molar-refractivity contribution in [2.24, 2.45) is 0 Å². The molecule has 0 spiro atoms. The summed E-state index contributed by atoms with van der Waals surface area (Å²) in [7, 11) is -4.64. The molecule has 0 unspecified atom stereocenters. The maximum Gasteiger partial charge on any atom is 0.335 e. The van der Waals surface area contributed by atoms with Crippen LogP contribution in [0.1, 0.15) is 20.7 Å². The first-order valence-corrected chi connectivity index (χ1v) is 5.25. The van der Waals surface area contributed by atoms with Crippen LogP contribution in [0.25, 0.3) is 0 Å². The third-order valence-corrected chi connectivity index (χ3v) is 2.53. The Morgan fingerprint density at radius 3 is 1.37 bits per heavy atom. The van der Waals surface area contributed by atoms with Crippen molar-refractivity contribution >= 4 is 59.3 Å². The van der Waals surface area contributed by atoms with E-state index in [0.717, 1.165) is 6.07 Å². The molecular weight excluding hydrogens is 347 g/mol. The normalized spacial score (nSPS) is 9.32. The van der Waals surface area contributed by atoms with Crippen LogP contribution in [0, 0.1) is 0 Å². The highest BCUT2D eigenvalue weighted by Gasteiger charge is 2.17. The predicted molar refractivity (Wildman–Crippen MR) is 71.9 cm³/mol. The Bertz CT molecular complexity index is 537. The molecule has 0 aliphatic rings. The van der Waals surface area contributed by atoms with Crippen LogP contribution in [-0.4, -0.2) is 35.1 Å². The van der Waals surface area contributed by atoms with Gasteiger partial charge in [0.15, 0.2) is 0 Å². The number of aromatic carboxylic acids is 2. The molecular formula is C8H9Cl3O7S. The number of carbonyl (C=O) groups is 2. The van der Waals surface area contributed by atoms with Crippen LogP contribution in [0.5, 0.6) is 0 Å². The Balaban J connectivity index is -0.000000853. The maximum absolute atomic E-state index is 10.8. The average molecular weight is 356 g/mol. The van der Waals surface area contributed by atoms with Gasteiger partial charge in [-0.05, 0) is 18.2 Å². The van der Waals surface area contributed by atoms with Crippen LogP contribution in [0.3, 0.4) is 0 Å². The zero-order chi connectivity index (χ0) is 12.5. The minimum atomic E-state index is -4.64. The van der Waals surface area contributed by atoms with Gasteiger partial charge in [-0.3, -0.25) is 4.55 Å². The van der Waals surface area contributed by atoms with Crippen molar-refractivity contribution in [3.63, 3.8) is 0 Å². The second-order valence-corrected chi connectivity index (χ2v) is 4.25. The van der Waals surface area contributed by atoms with E-state index in [4.69, 9.17) is 14.8 Å². The van der Waals surface area contributed by atoms with E-state index in [1.165, 1.54) is 0 Å². The van der Waals surface area contributed by atoms with Crippen LogP contribution in [-0.2, 0) is 10.1 Å². The molecule has 0 saturated carbocycles. The van der Waals surface area contributed by atoms with E-state index in [1.807, 2.05) is 0 Å². The summed E-state index contributed by atoms with van der Waals surface area (Å²) in [5.74, 6) is -2.99. The van der Waals surface area contributed by atoms with Gasteiger partial charge in [0.05, 0.1) is 16.0 Å². The van der Waals surface area contributed by atoms with Gasteiger partial charge in [-0.1, -0.05) is 0 Å². The lowest BCUT2D eigenvalue weighted by molar-refractivity contribution is 0.0696. The van der Waals surface area contributed by atoms with Crippen molar-refractivity contribution in [3.8, 4) is 0 Å². The van der Waals surface area contributed by atoms with Crippen LogP contribution in [0.4, 0.5) is 0 Å². The van der Waals surface area contributed by atoms with Crippen molar-refractivity contribution < 1.29 is 32.8 Å². The lowest BCUT2D eigenvalue weighted by Gasteiger charge is -2.02. The first-order valence-electron chi connectivity index (χ1n) is 3.81. The Morgan fingerprint density at radius 1 is 0.842 bits per heavy atom. The maximum atomic E-state index is 10.8. The molecule has 1 rings (SSSR count). The van der Waals surface area contributed by atoms with Crippen LogP contribution in [0.2, 0.25) is 0 Å². The summed E-state index contributed by atoms with van der Waals surface area (Å²) in [5, 5.41) is 17.2. The van der Waals surface area contributed by atoms with E-state index in [0.29, 0.717) is 12.1 Å². The van der Waals surface area contributed by atoms with E-state index < -0.39 is 38.1 Å². The Morgan fingerprint density at radius 2 is 1.16 bits per heavy atom. The quantitative estimate of drug-likeness (QED) is 0.702. The molecule has 0 aromatic heterocycles. The van der Waals surface area contributed by atoms with Gasteiger partial charge in [0.1, 0.15) is 0 Å². The number of benzene rings is 1. The average Bonchev–Trinajstić information content (AvgIpc) is 2.15. The fourth-order valence-corrected chi connectivity index (χ4v) is 1.55. The second kappa shape index (κ2) is 8.18. The first kappa shape index (κ1) is 23.1. The molecule has 0 aliphatic heterocycles. The molecule has 1 aromatic carbocycles. The van der Waals surface area contributed by atoms with Crippen molar-refractivity contribution in [2.75, 3.05) is 0 Å². The highest BCUT2D eigenvalue weighted by Crippen LogP contribution is 2.15. The van der Waals surface area contributed by atoms with E-state index in [1.54, 1.807) is 0 Å². The van der Waals surface area contributed by atoms with Gasteiger partial charge in [-0.15, -0.1) is 37.2 Å². The summed E-state index contributed by atoms with van der Waals surface area (Å²) >= 11 is 0. The largest absolute Gasteiger partial charge is 0.478 e. The molecule has 0 amide bonds. The van der Waals surface area contributed by atoms with Crippen molar-refractivity contribution in [3.05, 3.63) is 29.3 Å². The molecule has 0 bridgehead atoms. The minimum Gasteiger partial charge on any atom is -0.478 e. The van der Waals surface area contributed by atoms with Gasteiger partial charge in [0.25, 0.3) is 10.1 Å². The molecule has 0 radical (unpaired) electrons. The molecule has 1 aromatic rings. The molecule has 0 atom stereocenters. The third kappa shape index (κ3) is 6.08. The Hall–Kier alpha value is -1.06. The lowest BCUT2D eigenvalue weighted by atomic mass is 10.1. The fourth-order valence-electron chi connectivity index (χ4n) is 0.995. The van der Waals surface area contributed by atoms with E-state index in [-0.39, 0.29) is 37.2 Å². The van der Waals surface area contributed by atoms with Gasteiger partial charge in [0.2, 0.25) is 0 Å². The molecule has 7 nitrogen and oxygen atoms in total. The molecule has 19 heavy (non-hydrogen) atoms. The van der Waals surface area contributed by atoms with E-state index in [9.17, 15) is 18.0 Å². The summed E-state index contributed by atoms with van der Waals surface area (Å²) in [6.07, 6.45) is 0. The Kier molecular flexibility index (Phi) is 9.93. The molecule has 0 fully saturated rings. The number of hydrogen-bond acceptors (Lipinski definition) is 4. The molecule has 11 heteroatoms. The summed E-state index contributed by atoms with van der Waals surface area (Å²) in [6, 6.07) is 2.13. The standard InChI is InChI=1S/C8H6O7S.3ClH/c9-7(10)4-1-5(8(11)12)3-6(2-4)16(13,14)15;;;/h1-3H,(H,9,10)(H,11,12)(H,13,14,15);3*1H. The van der Waals surface area contributed by atoms with E-state index in [2.05, 4.69) is 0 Å².